The van der Waals surface area contributed by atoms with Crippen LogP contribution in [0.25, 0.3) is 0 Å². The van der Waals surface area contributed by atoms with Gasteiger partial charge in [-0.15, -0.1) is 0 Å². The molecule has 2 heterocycles. The lowest BCUT2D eigenvalue weighted by molar-refractivity contribution is 0.165. The van der Waals surface area contributed by atoms with Crippen molar-refractivity contribution < 1.29 is 9.47 Å². The molecule has 5 heteroatoms. The fraction of sp³-hybridized carbons (Fsp3) is 0.500. The summed E-state index contributed by atoms with van der Waals surface area (Å²) in [6.07, 6.45) is 1.04. The molecule has 0 aliphatic carbocycles. The Labute approximate surface area is 93.3 Å². The Balaban J connectivity index is 1.92. The summed E-state index contributed by atoms with van der Waals surface area (Å²) in [6, 6.07) is 3.26. The second kappa shape index (κ2) is 4.68. The smallest absolute Gasteiger partial charge is 0.216 e. The van der Waals surface area contributed by atoms with Gasteiger partial charge in [0.05, 0.1) is 13.2 Å². The highest BCUT2D eigenvalue weighted by Crippen LogP contribution is 2.19. The normalized spacial score (nSPS) is 20.5. The summed E-state index contributed by atoms with van der Waals surface area (Å²) in [5.41, 5.74) is 6.18. The number of hydrogen-bond donors (Lipinski definition) is 1. The minimum atomic E-state index is 0.354. The Kier molecular flexibility index (Phi) is 3.28. The van der Waals surface area contributed by atoms with E-state index in [1.54, 1.807) is 12.1 Å². The first-order chi connectivity index (χ1) is 7.24. The van der Waals surface area contributed by atoms with Crippen LogP contribution in [0, 0.1) is 5.92 Å². The maximum Gasteiger partial charge on any atom is 0.216 e. The first-order valence-electron chi connectivity index (χ1n) is 4.87. The molecule has 1 fully saturated rings. The Hall–Kier alpha value is -1.00. The number of pyridine rings is 1. The molecule has 1 aliphatic heterocycles. The van der Waals surface area contributed by atoms with Crippen LogP contribution in [0.15, 0.2) is 12.1 Å². The van der Waals surface area contributed by atoms with Crippen molar-refractivity contribution in [2.45, 2.75) is 6.42 Å². The van der Waals surface area contributed by atoms with Crippen LogP contribution >= 0.6 is 11.6 Å². The minimum Gasteiger partial charge on any atom is -0.477 e. The second-order valence-electron chi connectivity index (χ2n) is 3.60. The lowest BCUT2D eigenvalue weighted by Crippen LogP contribution is -2.12. The van der Waals surface area contributed by atoms with Gasteiger partial charge in [0, 0.05) is 24.3 Å². The van der Waals surface area contributed by atoms with Gasteiger partial charge in [-0.2, -0.15) is 0 Å². The third kappa shape index (κ3) is 2.97. The van der Waals surface area contributed by atoms with E-state index in [2.05, 4.69) is 4.98 Å². The van der Waals surface area contributed by atoms with Crippen LogP contribution in [0.1, 0.15) is 6.42 Å². The standard InChI is InChI=1S/C10H13ClN2O2/c11-9-3-8(12)4-10(13-9)15-6-7-1-2-14-5-7/h3-4,7H,1-2,5-6H2,(H2,12,13). The van der Waals surface area contributed by atoms with Crippen molar-refractivity contribution in [3.05, 3.63) is 17.3 Å². The molecule has 82 valence electrons. The molecule has 0 bridgehead atoms. The summed E-state index contributed by atoms with van der Waals surface area (Å²) >= 11 is 5.75. The molecule has 0 amide bonds. The van der Waals surface area contributed by atoms with Crippen LogP contribution < -0.4 is 10.5 Å². The van der Waals surface area contributed by atoms with E-state index >= 15 is 0 Å². The maximum absolute atomic E-state index is 5.75. The molecule has 1 aromatic heterocycles. The molecule has 1 aromatic rings. The van der Waals surface area contributed by atoms with E-state index in [9.17, 15) is 0 Å². The van der Waals surface area contributed by atoms with Crippen LogP contribution in [0.5, 0.6) is 5.88 Å². The molecular weight excluding hydrogens is 216 g/mol. The summed E-state index contributed by atoms with van der Waals surface area (Å²) < 4.78 is 10.7. The number of aromatic nitrogens is 1. The highest BCUT2D eigenvalue weighted by atomic mass is 35.5. The van der Waals surface area contributed by atoms with Gasteiger partial charge in [-0.1, -0.05) is 11.6 Å². The van der Waals surface area contributed by atoms with Crippen LogP contribution in [-0.4, -0.2) is 24.8 Å². The van der Waals surface area contributed by atoms with Gasteiger partial charge >= 0.3 is 0 Å². The van der Waals surface area contributed by atoms with Crippen LogP contribution in [0.2, 0.25) is 5.15 Å². The van der Waals surface area contributed by atoms with E-state index in [0.717, 1.165) is 19.6 Å². The largest absolute Gasteiger partial charge is 0.477 e. The number of nitrogens with two attached hydrogens (primary N) is 1. The van der Waals surface area contributed by atoms with Crippen molar-refractivity contribution >= 4 is 17.3 Å². The van der Waals surface area contributed by atoms with Crippen molar-refractivity contribution in [1.29, 1.82) is 0 Å². The number of ether oxygens (including phenoxy) is 2. The molecule has 1 unspecified atom stereocenters. The fourth-order valence-corrected chi connectivity index (χ4v) is 1.69. The SMILES string of the molecule is Nc1cc(Cl)nc(OCC2CCOC2)c1. The summed E-state index contributed by atoms with van der Waals surface area (Å²) in [5.74, 6) is 0.930. The predicted octanol–water partition coefficient (Wildman–Crippen LogP) is 1.73. The number of halogens is 1. The van der Waals surface area contributed by atoms with Crippen molar-refractivity contribution in [2.24, 2.45) is 5.92 Å². The van der Waals surface area contributed by atoms with Gasteiger partial charge < -0.3 is 15.2 Å². The van der Waals surface area contributed by atoms with E-state index in [1.807, 2.05) is 0 Å². The van der Waals surface area contributed by atoms with Crippen LogP contribution in [0.3, 0.4) is 0 Å². The highest BCUT2D eigenvalue weighted by molar-refractivity contribution is 6.29. The summed E-state index contributed by atoms with van der Waals surface area (Å²) in [7, 11) is 0. The Morgan fingerprint density at radius 1 is 1.60 bits per heavy atom. The first-order valence-corrected chi connectivity index (χ1v) is 5.25. The molecule has 1 aliphatic rings. The van der Waals surface area contributed by atoms with Crippen molar-refractivity contribution in [2.75, 3.05) is 25.6 Å². The number of nitrogen functional groups attached to an aromatic ring is 1. The van der Waals surface area contributed by atoms with Gasteiger partial charge in [0.15, 0.2) is 0 Å². The van der Waals surface area contributed by atoms with Gasteiger partial charge in [0.25, 0.3) is 0 Å². The van der Waals surface area contributed by atoms with Crippen LogP contribution in [-0.2, 0) is 4.74 Å². The average Bonchev–Trinajstić information content (AvgIpc) is 2.65. The summed E-state index contributed by atoms with van der Waals surface area (Å²) in [6.45, 7) is 2.18. The molecular formula is C10H13ClN2O2. The van der Waals surface area contributed by atoms with Gasteiger partial charge in [-0.05, 0) is 12.5 Å². The monoisotopic (exact) mass is 228 g/mol. The molecule has 1 atom stereocenters. The fourth-order valence-electron chi connectivity index (χ4n) is 1.48. The maximum atomic E-state index is 5.75. The predicted molar refractivity (Wildman–Crippen MR) is 58.1 cm³/mol. The van der Waals surface area contributed by atoms with Gasteiger partial charge in [0.1, 0.15) is 5.15 Å². The molecule has 0 radical (unpaired) electrons. The third-order valence-corrected chi connectivity index (χ3v) is 2.48. The van der Waals surface area contributed by atoms with E-state index in [-0.39, 0.29) is 0 Å². The molecule has 4 nitrogen and oxygen atoms in total. The number of anilines is 1. The minimum absolute atomic E-state index is 0.354. The first kappa shape index (κ1) is 10.5. The summed E-state index contributed by atoms with van der Waals surface area (Å²) in [4.78, 5) is 4.02. The average molecular weight is 229 g/mol. The third-order valence-electron chi connectivity index (χ3n) is 2.28. The Morgan fingerprint density at radius 2 is 2.47 bits per heavy atom. The Morgan fingerprint density at radius 3 is 3.13 bits per heavy atom. The molecule has 0 spiro atoms. The zero-order valence-corrected chi connectivity index (χ0v) is 9.04. The van der Waals surface area contributed by atoms with Crippen molar-refractivity contribution in [1.82, 2.24) is 4.98 Å². The quantitative estimate of drug-likeness (QED) is 0.801. The molecule has 15 heavy (non-hydrogen) atoms. The summed E-state index contributed by atoms with van der Waals surface area (Å²) in [5, 5.41) is 0.354. The molecule has 2 rings (SSSR count). The Bertz CT molecular complexity index is 320. The van der Waals surface area contributed by atoms with E-state index in [4.69, 9.17) is 26.8 Å². The van der Waals surface area contributed by atoms with E-state index < -0.39 is 0 Å². The topological polar surface area (TPSA) is 57.4 Å². The van der Waals surface area contributed by atoms with Gasteiger partial charge in [0.2, 0.25) is 5.88 Å². The zero-order chi connectivity index (χ0) is 10.7. The van der Waals surface area contributed by atoms with E-state index in [1.165, 1.54) is 0 Å². The molecule has 0 saturated carbocycles. The number of hydrogen-bond acceptors (Lipinski definition) is 4. The lowest BCUT2D eigenvalue weighted by Gasteiger charge is -2.09. The molecule has 1 saturated heterocycles. The van der Waals surface area contributed by atoms with Gasteiger partial charge in [-0.25, -0.2) is 4.98 Å². The highest BCUT2D eigenvalue weighted by Gasteiger charge is 2.16. The van der Waals surface area contributed by atoms with Gasteiger partial charge in [-0.3, -0.25) is 0 Å². The number of nitrogens with zero attached hydrogens (tertiary/aromatic N) is 1. The lowest BCUT2D eigenvalue weighted by atomic mass is 10.1. The molecule has 2 N–H and O–H groups in total. The van der Waals surface area contributed by atoms with Crippen molar-refractivity contribution in [3.63, 3.8) is 0 Å². The van der Waals surface area contributed by atoms with Crippen LogP contribution in [0.4, 0.5) is 5.69 Å². The number of rotatable bonds is 3. The molecule has 0 aromatic carbocycles. The zero-order valence-electron chi connectivity index (χ0n) is 8.28. The van der Waals surface area contributed by atoms with Crippen molar-refractivity contribution in [3.8, 4) is 5.88 Å². The van der Waals surface area contributed by atoms with E-state index in [0.29, 0.717) is 29.2 Å². The second-order valence-corrected chi connectivity index (χ2v) is 3.99.